The molecule has 5 nitrogen and oxygen atoms in total. The number of rotatable bonds is 6. The number of amides is 2. The average molecular weight is 390 g/mol. The number of methoxy groups -OCH3 is 1. The summed E-state index contributed by atoms with van der Waals surface area (Å²) in [5.41, 5.74) is 4.53. The van der Waals surface area contributed by atoms with Gasteiger partial charge in [0.05, 0.1) is 13.5 Å². The van der Waals surface area contributed by atoms with Crippen LogP contribution in [-0.2, 0) is 16.0 Å². The zero-order valence-electron chi connectivity index (χ0n) is 16.8. The molecule has 0 saturated carbocycles. The van der Waals surface area contributed by atoms with Gasteiger partial charge in [0, 0.05) is 31.7 Å². The fourth-order valence-corrected chi connectivity index (χ4v) is 4.07. The first-order chi connectivity index (χ1) is 14.2. The lowest BCUT2D eigenvalue weighted by Crippen LogP contribution is -2.35. The molecule has 2 aromatic rings. The first kappa shape index (κ1) is 19.2. The molecule has 0 fully saturated rings. The maximum Gasteiger partial charge on any atom is 0.231 e. The molecule has 2 amide bonds. The maximum absolute atomic E-state index is 12.6. The molecule has 2 aromatic carbocycles. The van der Waals surface area contributed by atoms with E-state index in [9.17, 15) is 9.59 Å². The van der Waals surface area contributed by atoms with Gasteiger partial charge in [-0.05, 0) is 47.7 Å². The standard InChI is InChI=1S/C24H26N2O3/c1-29-21-10-8-18(9-11-21)19-12-15-25(16-13-19)23(27)7-4-14-26-22-6-3-2-5-20(22)17-24(26)28/h2-3,5-6,8-12H,4,7,13-17H2,1H3. The minimum absolute atomic E-state index is 0.128. The van der Waals surface area contributed by atoms with Crippen LogP contribution in [0.25, 0.3) is 5.57 Å². The molecular weight excluding hydrogens is 364 g/mol. The molecule has 0 spiro atoms. The summed E-state index contributed by atoms with van der Waals surface area (Å²) in [6, 6.07) is 16.0. The van der Waals surface area contributed by atoms with E-state index in [1.807, 2.05) is 46.2 Å². The number of ether oxygens (including phenoxy) is 1. The number of fused-ring (bicyclic) bond motifs is 1. The summed E-state index contributed by atoms with van der Waals surface area (Å²) in [7, 11) is 1.66. The number of carbonyl (C=O) groups excluding carboxylic acids is 2. The van der Waals surface area contributed by atoms with Gasteiger partial charge in [0.1, 0.15) is 5.75 Å². The highest BCUT2D eigenvalue weighted by Gasteiger charge is 2.26. The molecular formula is C24H26N2O3. The number of para-hydroxylation sites is 1. The minimum atomic E-state index is 0.128. The van der Waals surface area contributed by atoms with Gasteiger partial charge in [-0.3, -0.25) is 9.59 Å². The Labute approximate surface area is 171 Å². The molecule has 0 saturated heterocycles. The third kappa shape index (κ3) is 4.19. The minimum Gasteiger partial charge on any atom is -0.497 e. The number of nitrogens with zero attached hydrogens (tertiary/aromatic N) is 2. The molecule has 29 heavy (non-hydrogen) atoms. The van der Waals surface area contributed by atoms with Gasteiger partial charge in [0.15, 0.2) is 0 Å². The topological polar surface area (TPSA) is 49.9 Å². The molecule has 4 rings (SSSR count). The van der Waals surface area contributed by atoms with E-state index >= 15 is 0 Å². The van der Waals surface area contributed by atoms with Crippen molar-refractivity contribution in [3.63, 3.8) is 0 Å². The molecule has 0 aromatic heterocycles. The van der Waals surface area contributed by atoms with Gasteiger partial charge in [-0.2, -0.15) is 0 Å². The van der Waals surface area contributed by atoms with Crippen LogP contribution in [0.2, 0.25) is 0 Å². The van der Waals surface area contributed by atoms with Crippen molar-refractivity contribution < 1.29 is 14.3 Å². The van der Waals surface area contributed by atoms with Gasteiger partial charge in [-0.15, -0.1) is 0 Å². The van der Waals surface area contributed by atoms with Crippen LogP contribution in [0.5, 0.6) is 5.75 Å². The van der Waals surface area contributed by atoms with Crippen LogP contribution < -0.4 is 9.64 Å². The summed E-state index contributed by atoms with van der Waals surface area (Å²) in [6.07, 6.45) is 4.62. The summed E-state index contributed by atoms with van der Waals surface area (Å²) in [4.78, 5) is 28.6. The highest BCUT2D eigenvalue weighted by molar-refractivity contribution is 6.01. The Kier molecular flexibility index (Phi) is 5.65. The molecule has 2 aliphatic rings. The van der Waals surface area contributed by atoms with E-state index in [-0.39, 0.29) is 11.8 Å². The lowest BCUT2D eigenvalue weighted by molar-refractivity contribution is -0.131. The van der Waals surface area contributed by atoms with Crippen LogP contribution in [0.15, 0.2) is 54.6 Å². The molecule has 0 N–H and O–H groups in total. The molecule has 2 heterocycles. The zero-order chi connectivity index (χ0) is 20.2. The fourth-order valence-electron chi connectivity index (χ4n) is 4.07. The average Bonchev–Trinajstić information content (AvgIpc) is 3.09. The van der Waals surface area contributed by atoms with Crippen molar-refractivity contribution in [2.45, 2.75) is 25.7 Å². The van der Waals surface area contributed by atoms with Gasteiger partial charge < -0.3 is 14.5 Å². The second-order valence-electron chi connectivity index (χ2n) is 7.50. The van der Waals surface area contributed by atoms with Crippen LogP contribution >= 0.6 is 0 Å². The van der Waals surface area contributed by atoms with Gasteiger partial charge >= 0.3 is 0 Å². The van der Waals surface area contributed by atoms with E-state index in [4.69, 9.17) is 4.74 Å². The summed E-state index contributed by atoms with van der Waals surface area (Å²) < 4.78 is 5.21. The molecule has 0 aliphatic carbocycles. The summed E-state index contributed by atoms with van der Waals surface area (Å²) in [5.74, 6) is 1.14. The highest BCUT2D eigenvalue weighted by Crippen LogP contribution is 2.29. The van der Waals surface area contributed by atoms with Gasteiger partial charge in [0.2, 0.25) is 11.8 Å². The van der Waals surface area contributed by atoms with Crippen molar-refractivity contribution in [2.24, 2.45) is 0 Å². The summed E-state index contributed by atoms with van der Waals surface area (Å²) in [6.45, 7) is 1.98. The van der Waals surface area contributed by atoms with Crippen molar-refractivity contribution in [1.29, 1.82) is 0 Å². The zero-order valence-corrected chi connectivity index (χ0v) is 16.8. The van der Waals surface area contributed by atoms with E-state index in [0.717, 1.165) is 30.0 Å². The van der Waals surface area contributed by atoms with Crippen molar-refractivity contribution in [3.05, 3.63) is 65.7 Å². The number of anilines is 1. The van der Waals surface area contributed by atoms with Crippen molar-refractivity contribution in [2.75, 3.05) is 31.6 Å². The smallest absolute Gasteiger partial charge is 0.231 e. The van der Waals surface area contributed by atoms with Crippen LogP contribution in [0.4, 0.5) is 5.69 Å². The van der Waals surface area contributed by atoms with Gasteiger partial charge in [-0.25, -0.2) is 0 Å². The van der Waals surface area contributed by atoms with Crippen molar-refractivity contribution in [3.8, 4) is 5.75 Å². The lowest BCUT2D eigenvalue weighted by Gasteiger charge is -2.27. The Balaban J connectivity index is 1.28. The fraction of sp³-hybridized carbons (Fsp3) is 0.333. The number of carbonyl (C=O) groups is 2. The van der Waals surface area contributed by atoms with Crippen LogP contribution in [-0.4, -0.2) is 43.5 Å². The van der Waals surface area contributed by atoms with Crippen LogP contribution in [0, 0.1) is 0 Å². The molecule has 5 heteroatoms. The SMILES string of the molecule is COc1ccc(C2=CCN(C(=O)CCCN3C(=O)Cc4ccccc43)CC2)cc1. The molecule has 2 aliphatic heterocycles. The predicted molar refractivity (Wildman–Crippen MR) is 114 cm³/mol. The third-order valence-electron chi connectivity index (χ3n) is 5.72. The number of benzene rings is 2. The van der Waals surface area contributed by atoms with Gasteiger partial charge in [-0.1, -0.05) is 36.4 Å². The van der Waals surface area contributed by atoms with Crippen LogP contribution in [0.1, 0.15) is 30.4 Å². The Morgan fingerprint density at radius 2 is 1.90 bits per heavy atom. The van der Waals surface area contributed by atoms with Crippen molar-refractivity contribution in [1.82, 2.24) is 4.90 Å². The third-order valence-corrected chi connectivity index (χ3v) is 5.72. The summed E-state index contributed by atoms with van der Waals surface area (Å²) >= 11 is 0. The molecule has 0 radical (unpaired) electrons. The first-order valence-electron chi connectivity index (χ1n) is 10.1. The predicted octanol–water partition coefficient (Wildman–Crippen LogP) is 3.68. The van der Waals surface area contributed by atoms with E-state index in [1.54, 1.807) is 7.11 Å². The van der Waals surface area contributed by atoms with Crippen molar-refractivity contribution >= 4 is 23.1 Å². The Morgan fingerprint density at radius 3 is 2.62 bits per heavy atom. The largest absolute Gasteiger partial charge is 0.497 e. The van der Waals surface area contributed by atoms with E-state index < -0.39 is 0 Å². The summed E-state index contributed by atoms with van der Waals surface area (Å²) in [5, 5.41) is 0. The Hall–Kier alpha value is -3.08. The van der Waals surface area contributed by atoms with E-state index in [2.05, 4.69) is 18.2 Å². The normalized spacial score (nSPS) is 15.9. The first-order valence-corrected chi connectivity index (χ1v) is 10.1. The number of hydrogen-bond acceptors (Lipinski definition) is 3. The molecule has 0 unspecified atom stereocenters. The number of hydrogen-bond donors (Lipinski definition) is 0. The Bertz CT molecular complexity index is 933. The van der Waals surface area contributed by atoms with E-state index in [0.29, 0.717) is 32.4 Å². The molecule has 0 bridgehead atoms. The second kappa shape index (κ2) is 8.52. The highest BCUT2D eigenvalue weighted by atomic mass is 16.5. The van der Waals surface area contributed by atoms with Gasteiger partial charge in [0.25, 0.3) is 0 Å². The molecule has 0 atom stereocenters. The lowest BCUT2D eigenvalue weighted by atomic mass is 9.99. The Morgan fingerprint density at radius 1 is 1.10 bits per heavy atom. The quantitative estimate of drug-likeness (QED) is 0.756. The van der Waals surface area contributed by atoms with Crippen LogP contribution in [0.3, 0.4) is 0 Å². The maximum atomic E-state index is 12.6. The monoisotopic (exact) mass is 390 g/mol. The van der Waals surface area contributed by atoms with E-state index in [1.165, 1.54) is 11.1 Å². The second-order valence-corrected chi connectivity index (χ2v) is 7.50. The molecule has 150 valence electrons.